The van der Waals surface area contributed by atoms with Gasteiger partial charge < -0.3 is 25.3 Å². The molecular weight excluding hydrogens is 454 g/mol. The van der Waals surface area contributed by atoms with Gasteiger partial charge in [-0.05, 0) is 18.8 Å². The topological polar surface area (TPSA) is 85.0 Å². The minimum atomic E-state index is -0.0750. The van der Waals surface area contributed by atoms with Gasteiger partial charge in [0.1, 0.15) is 5.70 Å². The molecule has 1 aliphatic carbocycles. The first-order valence-corrected chi connectivity index (χ1v) is 13.4. The van der Waals surface area contributed by atoms with Crippen LogP contribution in [0.5, 0.6) is 0 Å². The van der Waals surface area contributed by atoms with E-state index in [1.807, 2.05) is 61.0 Å². The minimum absolute atomic E-state index is 0.0115. The molecule has 1 aromatic rings. The number of hydrogen-bond acceptors (Lipinski definition) is 5. The van der Waals surface area contributed by atoms with Crippen molar-refractivity contribution in [2.45, 2.75) is 58.4 Å². The van der Waals surface area contributed by atoms with Crippen molar-refractivity contribution in [1.82, 2.24) is 25.3 Å². The highest BCUT2D eigenvalue weighted by Crippen LogP contribution is 2.32. The lowest BCUT2D eigenvalue weighted by molar-refractivity contribution is -0.129. The van der Waals surface area contributed by atoms with Gasteiger partial charge in [-0.2, -0.15) is 0 Å². The predicted octanol–water partition coefficient (Wildman–Crippen LogP) is 2.67. The normalized spacial score (nSPS) is 17.4. The molecule has 8 nitrogen and oxygen atoms in total. The number of amides is 3. The molecule has 2 N–H and O–H groups in total. The molecule has 0 bridgehead atoms. The van der Waals surface area contributed by atoms with Gasteiger partial charge in [0.25, 0.3) is 5.91 Å². The van der Waals surface area contributed by atoms with E-state index in [1.54, 1.807) is 4.90 Å². The maximum Gasteiger partial charge on any atom is 0.272 e. The third kappa shape index (κ3) is 7.56. The second-order valence-electron chi connectivity index (χ2n) is 10.3. The Morgan fingerprint density at radius 3 is 2.39 bits per heavy atom. The average molecular weight is 498 g/mol. The summed E-state index contributed by atoms with van der Waals surface area (Å²) in [6.07, 6.45) is 6.57. The Kier molecular flexibility index (Phi) is 10.8. The van der Waals surface area contributed by atoms with Gasteiger partial charge >= 0.3 is 0 Å². The fraction of sp³-hybridized carbons (Fsp3) is 0.607. The van der Waals surface area contributed by atoms with E-state index in [0.29, 0.717) is 44.0 Å². The number of carbonyl (C=O) groups is 3. The van der Waals surface area contributed by atoms with Crippen molar-refractivity contribution in [3.8, 4) is 0 Å². The van der Waals surface area contributed by atoms with Crippen LogP contribution >= 0.6 is 0 Å². The Bertz CT molecular complexity index is 890. The molecule has 1 saturated heterocycles. The fourth-order valence-corrected chi connectivity index (χ4v) is 5.07. The Balaban J connectivity index is 2.01. The van der Waals surface area contributed by atoms with E-state index >= 15 is 0 Å². The van der Waals surface area contributed by atoms with Crippen molar-refractivity contribution < 1.29 is 14.4 Å². The van der Waals surface area contributed by atoms with Crippen molar-refractivity contribution in [1.29, 1.82) is 0 Å². The second-order valence-corrected chi connectivity index (χ2v) is 10.3. The van der Waals surface area contributed by atoms with Crippen LogP contribution in [-0.4, -0.2) is 85.3 Å². The van der Waals surface area contributed by atoms with Gasteiger partial charge in [-0.1, -0.05) is 63.4 Å². The molecule has 3 rings (SSSR count). The second kappa shape index (κ2) is 14.0. The largest absolute Gasteiger partial charge is 0.367 e. The van der Waals surface area contributed by atoms with E-state index in [1.165, 1.54) is 6.42 Å². The first-order chi connectivity index (χ1) is 17.4. The molecular formula is C28H43N5O3. The lowest BCUT2D eigenvalue weighted by atomic mass is 9.93. The summed E-state index contributed by atoms with van der Waals surface area (Å²) in [5, 5.41) is 6.29. The molecule has 1 aliphatic heterocycles. The number of likely N-dealkylation sites (N-methyl/N-ethyl adjacent to an activating group) is 1. The van der Waals surface area contributed by atoms with Gasteiger partial charge in [0.05, 0.1) is 5.70 Å². The Hall–Kier alpha value is -2.87. The average Bonchev–Trinajstić information content (AvgIpc) is 2.89. The molecule has 2 aliphatic rings. The highest BCUT2D eigenvalue weighted by molar-refractivity contribution is 6.01. The smallest absolute Gasteiger partial charge is 0.272 e. The van der Waals surface area contributed by atoms with Crippen molar-refractivity contribution in [2.24, 2.45) is 5.92 Å². The molecule has 1 saturated carbocycles. The van der Waals surface area contributed by atoms with Crippen LogP contribution < -0.4 is 10.6 Å². The predicted molar refractivity (Wildman–Crippen MR) is 143 cm³/mol. The molecule has 0 aromatic heterocycles. The maximum atomic E-state index is 14.1. The number of nitrogens with one attached hydrogen (secondary N) is 2. The fourth-order valence-electron chi connectivity index (χ4n) is 5.07. The number of rotatable bonds is 11. The van der Waals surface area contributed by atoms with E-state index in [0.717, 1.165) is 50.7 Å². The van der Waals surface area contributed by atoms with Gasteiger partial charge in [0.2, 0.25) is 12.3 Å². The van der Waals surface area contributed by atoms with Crippen LogP contribution in [0.15, 0.2) is 36.0 Å². The van der Waals surface area contributed by atoms with E-state index in [-0.39, 0.29) is 23.8 Å². The van der Waals surface area contributed by atoms with Crippen LogP contribution in [0.1, 0.15) is 57.9 Å². The summed E-state index contributed by atoms with van der Waals surface area (Å²) in [7, 11) is 1.89. The lowest BCUT2D eigenvalue weighted by Gasteiger charge is -2.38. The van der Waals surface area contributed by atoms with Crippen LogP contribution in [0, 0.1) is 5.92 Å². The summed E-state index contributed by atoms with van der Waals surface area (Å²) < 4.78 is 0. The number of benzene rings is 1. The van der Waals surface area contributed by atoms with Gasteiger partial charge in [0, 0.05) is 64.3 Å². The number of carbonyl (C=O) groups excluding carboxylic acids is 3. The number of nitrogens with zero attached hydrogens (tertiary/aromatic N) is 3. The molecule has 0 atom stereocenters. The van der Waals surface area contributed by atoms with Crippen LogP contribution in [0.4, 0.5) is 0 Å². The summed E-state index contributed by atoms with van der Waals surface area (Å²) in [5.74, 6) is 0.222. The van der Waals surface area contributed by atoms with E-state index in [4.69, 9.17) is 0 Å². The zero-order valence-corrected chi connectivity index (χ0v) is 22.2. The third-order valence-electron chi connectivity index (χ3n) is 6.96. The van der Waals surface area contributed by atoms with Crippen LogP contribution in [0.25, 0.3) is 5.70 Å². The van der Waals surface area contributed by atoms with E-state index in [9.17, 15) is 14.4 Å². The number of hydrogen-bond donors (Lipinski definition) is 2. The maximum absolute atomic E-state index is 14.1. The van der Waals surface area contributed by atoms with Crippen molar-refractivity contribution in [2.75, 3.05) is 46.3 Å². The molecule has 8 heteroatoms. The van der Waals surface area contributed by atoms with Crippen molar-refractivity contribution in [3.63, 3.8) is 0 Å². The molecule has 1 heterocycles. The molecule has 198 valence electrons. The highest BCUT2D eigenvalue weighted by atomic mass is 16.2. The van der Waals surface area contributed by atoms with E-state index in [2.05, 4.69) is 10.6 Å². The summed E-state index contributed by atoms with van der Waals surface area (Å²) >= 11 is 0. The van der Waals surface area contributed by atoms with Crippen molar-refractivity contribution in [3.05, 3.63) is 41.6 Å². The minimum Gasteiger partial charge on any atom is -0.367 e. The Morgan fingerprint density at radius 1 is 1.11 bits per heavy atom. The van der Waals surface area contributed by atoms with Crippen LogP contribution in [0.3, 0.4) is 0 Å². The zero-order valence-electron chi connectivity index (χ0n) is 22.2. The van der Waals surface area contributed by atoms with Gasteiger partial charge in [-0.15, -0.1) is 0 Å². The molecule has 2 fully saturated rings. The molecule has 1 aromatic carbocycles. The molecule has 0 unspecified atom stereocenters. The van der Waals surface area contributed by atoms with Gasteiger partial charge in [0.15, 0.2) is 0 Å². The Morgan fingerprint density at radius 2 is 1.78 bits per heavy atom. The van der Waals surface area contributed by atoms with Gasteiger partial charge in [-0.25, -0.2) is 0 Å². The number of piperazine rings is 1. The Labute approximate surface area is 216 Å². The van der Waals surface area contributed by atoms with Crippen LogP contribution in [0.2, 0.25) is 0 Å². The summed E-state index contributed by atoms with van der Waals surface area (Å²) in [5.41, 5.74) is 2.03. The molecule has 0 radical (unpaired) electrons. The van der Waals surface area contributed by atoms with Crippen molar-refractivity contribution >= 4 is 23.9 Å². The summed E-state index contributed by atoms with van der Waals surface area (Å²) in [6.45, 7) is 7.65. The summed E-state index contributed by atoms with van der Waals surface area (Å²) in [6, 6.07) is 9.84. The first kappa shape index (κ1) is 27.7. The SMILES string of the molecule is CC(C)CC(=O)NCCN(C)/C(C(=O)N1CCNCC1)=C(/c1ccccc1)N(C=O)C1CCCCC1. The molecule has 3 amide bonds. The monoisotopic (exact) mass is 497 g/mol. The summed E-state index contributed by atoms with van der Waals surface area (Å²) in [4.78, 5) is 44.5. The quantitative estimate of drug-likeness (QED) is 0.363. The van der Waals surface area contributed by atoms with E-state index < -0.39 is 0 Å². The third-order valence-corrected chi connectivity index (χ3v) is 6.96. The lowest BCUT2D eigenvalue weighted by Crippen LogP contribution is -2.50. The molecule has 36 heavy (non-hydrogen) atoms. The first-order valence-electron chi connectivity index (χ1n) is 13.4. The molecule has 0 spiro atoms. The highest BCUT2D eigenvalue weighted by Gasteiger charge is 2.32. The van der Waals surface area contributed by atoms with Crippen LogP contribution in [-0.2, 0) is 14.4 Å². The van der Waals surface area contributed by atoms with Gasteiger partial charge in [-0.3, -0.25) is 14.4 Å². The zero-order chi connectivity index (χ0) is 25.9. The standard InChI is InChI=1S/C28H43N5O3/c1-22(2)20-25(35)30-16-17-31(3)27(28(36)32-18-14-29-15-19-32)26(23-10-6-4-7-11-23)33(21-34)24-12-8-5-9-13-24/h4,6-7,10-11,21-22,24,29H,5,8-9,12-20H2,1-3H3,(H,30,35)/b27-26-.